The summed E-state index contributed by atoms with van der Waals surface area (Å²) in [5.41, 5.74) is 2.15. The zero-order valence-electron chi connectivity index (χ0n) is 9.53. The smallest absolute Gasteiger partial charge is 0.310 e. The minimum Gasteiger partial charge on any atom is -0.481 e. The molecule has 0 aromatic heterocycles. The van der Waals surface area contributed by atoms with Crippen LogP contribution in [0, 0.1) is 0 Å². The van der Waals surface area contributed by atoms with Gasteiger partial charge in [0.15, 0.2) is 0 Å². The van der Waals surface area contributed by atoms with Crippen LogP contribution >= 0.6 is 0 Å². The molecule has 0 fully saturated rings. The standard InChI is InChI=1S/C13H18O2/c1-4-9(2)11-5-7-12(8-6-11)10(3)13(14)15/h5-10H,4H2,1-3H3,(H,14,15)/t9-,10-/m1/s1. The van der Waals surface area contributed by atoms with E-state index in [2.05, 4.69) is 13.8 Å². The molecule has 0 aliphatic heterocycles. The highest BCUT2D eigenvalue weighted by atomic mass is 16.4. The number of carboxylic acids is 1. The number of aliphatic carboxylic acids is 1. The van der Waals surface area contributed by atoms with Crippen LogP contribution in [0.5, 0.6) is 0 Å². The number of carboxylic acid groups (broad SMARTS) is 1. The Morgan fingerprint density at radius 2 is 1.67 bits per heavy atom. The first-order chi connectivity index (χ1) is 7.06. The maximum absolute atomic E-state index is 10.8. The molecule has 0 unspecified atom stereocenters. The number of hydrogen-bond acceptors (Lipinski definition) is 1. The van der Waals surface area contributed by atoms with Gasteiger partial charge in [0.25, 0.3) is 0 Å². The first-order valence-corrected chi connectivity index (χ1v) is 5.39. The largest absolute Gasteiger partial charge is 0.481 e. The third-order valence-corrected chi connectivity index (χ3v) is 2.99. The second-order valence-corrected chi connectivity index (χ2v) is 4.04. The zero-order chi connectivity index (χ0) is 11.4. The maximum atomic E-state index is 10.8. The van der Waals surface area contributed by atoms with Crippen molar-refractivity contribution in [3.05, 3.63) is 35.4 Å². The first-order valence-electron chi connectivity index (χ1n) is 5.39. The van der Waals surface area contributed by atoms with Gasteiger partial charge >= 0.3 is 5.97 Å². The molecule has 82 valence electrons. The lowest BCUT2D eigenvalue weighted by Gasteiger charge is -2.11. The van der Waals surface area contributed by atoms with Crippen LogP contribution in [0.15, 0.2) is 24.3 Å². The molecule has 0 aliphatic rings. The van der Waals surface area contributed by atoms with E-state index in [0.29, 0.717) is 5.92 Å². The average molecular weight is 206 g/mol. The highest BCUT2D eigenvalue weighted by molar-refractivity contribution is 5.75. The Morgan fingerprint density at radius 1 is 1.20 bits per heavy atom. The minimum atomic E-state index is -0.772. The molecule has 1 aromatic carbocycles. The van der Waals surface area contributed by atoms with Crippen molar-refractivity contribution in [2.45, 2.75) is 39.0 Å². The third-order valence-electron chi connectivity index (χ3n) is 2.99. The van der Waals surface area contributed by atoms with E-state index in [1.54, 1.807) is 6.92 Å². The highest BCUT2D eigenvalue weighted by Gasteiger charge is 2.13. The first kappa shape index (κ1) is 11.8. The van der Waals surface area contributed by atoms with Crippen molar-refractivity contribution in [2.24, 2.45) is 0 Å². The Morgan fingerprint density at radius 3 is 2.07 bits per heavy atom. The van der Waals surface area contributed by atoms with Crippen LogP contribution in [-0.2, 0) is 4.79 Å². The average Bonchev–Trinajstić information content (AvgIpc) is 2.27. The van der Waals surface area contributed by atoms with Crippen LogP contribution < -0.4 is 0 Å². The molecule has 2 nitrogen and oxygen atoms in total. The lowest BCUT2D eigenvalue weighted by Crippen LogP contribution is -2.07. The third kappa shape index (κ3) is 2.82. The van der Waals surface area contributed by atoms with Crippen molar-refractivity contribution in [1.82, 2.24) is 0 Å². The Kier molecular flexibility index (Phi) is 3.89. The second-order valence-electron chi connectivity index (χ2n) is 4.04. The summed E-state index contributed by atoms with van der Waals surface area (Å²) in [4.78, 5) is 10.8. The fourth-order valence-electron chi connectivity index (χ4n) is 1.49. The molecule has 0 amide bonds. The van der Waals surface area contributed by atoms with Crippen molar-refractivity contribution in [1.29, 1.82) is 0 Å². The van der Waals surface area contributed by atoms with Gasteiger partial charge in [0, 0.05) is 0 Å². The quantitative estimate of drug-likeness (QED) is 0.819. The fourth-order valence-corrected chi connectivity index (χ4v) is 1.49. The minimum absolute atomic E-state index is 0.420. The topological polar surface area (TPSA) is 37.3 Å². The van der Waals surface area contributed by atoms with Gasteiger partial charge < -0.3 is 5.11 Å². The van der Waals surface area contributed by atoms with Gasteiger partial charge in [0.2, 0.25) is 0 Å². The van der Waals surface area contributed by atoms with Gasteiger partial charge in [-0.2, -0.15) is 0 Å². The molecule has 1 aromatic rings. The Hall–Kier alpha value is -1.31. The lowest BCUT2D eigenvalue weighted by atomic mass is 9.94. The van der Waals surface area contributed by atoms with Crippen LogP contribution in [-0.4, -0.2) is 11.1 Å². The van der Waals surface area contributed by atoms with Gasteiger partial charge in [-0.25, -0.2) is 0 Å². The molecule has 15 heavy (non-hydrogen) atoms. The Balaban J connectivity index is 2.85. The Bertz CT molecular complexity index is 327. The molecule has 0 saturated heterocycles. The molecule has 0 saturated carbocycles. The summed E-state index contributed by atoms with van der Waals surface area (Å²) in [5, 5.41) is 8.86. The highest BCUT2D eigenvalue weighted by Crippen LogP contribution is 2.22. The maximum Gasteiger partial charge on any atom is 0.310 e. The van der Waals surface area contributed by atoms with Crippen molar-refractivity contribution >= 4 is 5.97 Å². The monoisotopic (exact) mass is 206 g/mol. The van der Waals surface area contributed by atoms with Crippen LogP contribution in [0.3, 0.4) is 0 Å². The second kappa shape index (κ2) is 4.96. The van der Waals surface area contributed by atoms with Crippen molar-refractivity contribution in [3.8, 4) is 0 Å². The summed E-state index contributed by atoms with van der Waals surface area (Å²) in [7, 11) is 0. The van der Waals surface area contributed by atoms with Gasteiger partial charge in [0.1, 0.15) is 0 Å². The SMILES string of the molecule is CC[C@@H](C)c1ccc([C@@H](C)C(=O)O)cc1. The summed E-state index contributed by atoms with van der Waals surface area (Å²) < 4.78 is 0. The van der Waals surface area contributed by atoms with Gasteiger partial charge in [0.05, 0.1) is 5.92 Å². The molecular weight excluding hydrogens is 188 g/mol. The number of hydrogen-bond donors (Lipinski definition) is 1. The van der Waals surface area contributed by atoms with Gasteiger partial charge in [-0.1, -0.05) is 38.1 Å². The van der Waals surface area contributed by atoms with Crippen LogP contribution in [0.25, 0.3) is 0 Å². The van der Waals surface area contributed by atoms with E-state index in [0.717, 1.165) is 12.0 Å². The molecular formula is C13H18O2. The van der Waals surface area contributed by atoms with Crippen molar-refractivity contribution in [3.63, 3.8) is 0 Å². The summed E-state index contributed by atoms with van der Waals surface area (Å²) >= 11 is 0. The van der Waals surface area contributed by atoms with Gasteiger partial charge in [-0.05, 0) is 30.4 Å². The van der Waals surface area contributed by atoms with Crippen LogP contribution in [0.2, 0.25) is 0 Å². The van der Waals surface area contributed by atoms with Gasteiger partial charge in [-0.15, -0.1) is 0 Å². The molecule has 2 atom stereocenters. The molecule has 0 heterocycles. The van der Waals surface area contributed by atoms with E-state index in [1.165, 1.54) is 5.56 Å². The molecule has 0 aliphatic carbocycles. The predicted octanol–water partition coefficient (Wildman–Crippen LogP) is 3.39. The molecule has 0 radical (unpaired) electrons. The molecule has 0 bridgehead atoms. The molecule has 1 rings (SSSR count). The summed E-state index contributed by atoms with van der Waals surface area (Å²) in [5.74, 6) is -0.651. The van der Waals surface area contributed by atoms with Crippen LogP contribution in [0.4, 0.5) is 0 Å². The van der Waals surface area contributed by atoms with Crippen molar-refractivity contribution in [2.75, 3.05) is 0 Å². The molecule has 2 heteroatoms. The number of rotatable bonds is 4. The predicted molar refractivity (Wildman–Crippen MR) is 61.2 cm³/mol. The van der Waals surface area contributed by atoms with E-state index in [1.807, 2.05) is 24.3 Å². The van der Waals surface area contributed by atoms with Gasteiger partial charge in [-0.3, -0.25) is 4.79 Å². The lowest BCUT2D eigenvalue weighted by molar-refractivity contribution is -0.138. The Labute approximate surface area is 90.9 Å². The van der Waals surface area contributed by atoms with E-state index in [4.69, 9.17) is 5.11 Å². The van der Waals surface area contributed by atoms with E-state index in [9.17, 15) is 4.79 Å². The zero-order valence-corrected chi connectivity index (χ0v) is 9.53. The normalized spacial score (nSPS) is 14.6. The van der Waals surface area contributed by atoms with Crippen molar-refractivity contribution < 1.29 is 9.90 Å². The number of carbonyl (C=O) groups is 1. The molecule has 1 N–H and O–H groups in total. The summed E-state index contributed by atoms with van der Waals surface area (Å²) in [6, 6.07) is 7.90. The van der Waals surface area contributed by atoms with E-state index < -0.39 is 11.9 Å². The van der Waals surface area contributed by atoms with Crippen LogP contribution in [0.1, 0.15) is 50.2 Å². The molecule has 0 spiro atoms. The fraction of sp³-hybridized carbons (Fsp3) is 0.462. The summed E-state index contributed by atoms with van der Waals surface area (Å²) in [6.45, 7) is 6.04. The van der Waals surface area contributed by atoms with E-state index in [-0.39, 0.29) is 0 Å². The summed E-state index contributed by atoms with van der Waals surface area (Å²) in [6.07, 6.45) is 1.10. The van der Waals surface area contributed by atoms with E-state index >= 15 is 0 Å². The number of benzene rings is 1.